The normalized spacial score (nSPS) is 11.3. The van der Waals surface area contributed by atoms with Crippen molar-refractivity contribution in [2.45, 2.75) is 20.0 Å². The summed E-state index contributed by atoms with van der Waals surface area (Å²) in [5.74, 6) is 1.02. The van der Waals surface area contributed by atoms with Gasteiger partial charge in [0.25, 0.3) is 0 Å². The highest BCUT2D eigenvalue weighted by atomic mass is 32.1. The Morgan fingerprint density at radius 2 is 2.28 bits per heavy atom. The third kappa shape index (κ3) is 3.98. The smallest absolute Gasteiger partial charge is 0.117 e. The fourth-order valence-corrected chi connectivity index (χ4v) is 2.68. The largest absolute Gasteiger partial charge is 0.468 e. The molecule has 2 aromatic heterocycles. The molecule has 0 aliphatic carbocycles. The van der Waals surface area contributed by atoms with E-state index in [9.17, 15) is 0 Å². The van der Waals surface area contributed by atoms with E-state index in [0.29, 0.717) is 0 Å². The molecule has 0 saturated carbocycles. The highest BCUT2D eigenvalue weighted by Gasteiger charge is 2.03. The molecule has 0 bridgehead atoms. The summed E-state index contributed by atoms with van der Waals surface area (Å²) in [7, 11) is 2.11. The first kappa shape index (κ1) is 13.3. The lowest BCUT2D eigenvalue weighted by Crippen LogP contribution is -2.28. The van der Waals surface area contributed by atoms with E-state index < -0.39 is 0 Å². The Labute approximate surface area is 112 Å². The van der Waals surface area contributed by atoms with E-state index in [4.69, 9.17) is 4.42 Å². The van der Waals surface area contributed by atoms with Crippen LogP contribution < -0.4 is 5.32 Å². The molecule has 4 heteroatoms. The zero-order valence-corrected chi connectivity index (χ0v) is 11.8. The van der Waals surface area contributed by atoms with Crippen LogP contribution >= 0.6 is 11.3 Å². The van der Waals surface area contributed by atoms with Gasteiger partial charge in [-0.2, -0.15) is 0 Å². The van der Waals surface area contributed by atoms with Crippen molar-refractivity contribution >= 4 is 11.3 Å². The summed E-state index contributed by atoms with van der Waals surface area (Å²) in [6.45, 7) is 6.01. The fourth-order valence-electron chi connectivity index (χ4n) is 1.80. The van der Waals surface area contributed by atoms with Crippen molar-refractivity contribution in [1.29, 1.82) is 0 Å². The summed E-state index contributed by atoms with van der Waals surface area (Å²) >= 11 is 1.82. The molecule has 0 unspecified atom stereocenters. The number of likely N-dealkylation sites (N-methyl/N-ethyl adjacent to an activating group) is 1. The molecular formula is C14H20N2OS. The van der Waals surface area contributed by atoms with Gasteiger partial charge in [0.2, 0.25) is 0 Å². The topological polar surface area (TPSA) is 28.4 Å². The van der Waals surface area contributed by atoms with E-state index in [1.165, 1.54) is 10.4 Å². The van der Waals surface area contributed by atoms with E-state index >= 15 is 0 Å². The van der Waals surface area contributed by atoms with Crippen molar-refractivity contribution in [2.24, 2.45) is 0 Å². The van der Waals surface area contributed by atoms with Crippen LogP contribution in [0.4, 0.5) is 0 Å². The Morgan fingerprint density at radius 1 is 1.39 bits per heavy atom. The maximum absolute atomic E-state index is 5.32. The Morgan fingerprint density at radius 3 is 2.94 bits per heavy atom. The van der Waals surface area contributed by atoms with Gasteiger partial charge in [0, 0.05) is 24.5 Å². The Balaban J connectivity index is 1.62. The Kier molecular flexibility index (Phi) is 4.99. The first-order valence-corrected chi connectivity index (χ1v) is 7.08. The first-order chi connectivity index (χ1) is 8.75. The number of thiophene rings is 1. The minimum absolute atomic E-state index is 0.868. The first-order valence-electron chi connectivity index (χ1n) is 6.20. The van der Waals surface area contributed by atoms with Crippen molar-refractivity contribution in [2.75, 3.05) is 20.1 Å². The zero-order chi connectivity index (χ0) is 12.8. The molecule has 2 rings (SSSR count). The van der Waals surface area contributed by atoms with Crippen LogP contribution in [-0.2, 0) is 13.1 Å². The number of aryl methyl sites for hydroxylation is 1. The number of nitrogens with zero attached hydrogens (tertiary/aromatic N) is 1. The van der Waals surface area contributed by atoms with Gasteiger partial charge in [-0.05, 0) is 43.1 Å². The highest BCUT2D eigenvalue weighted by Crippen LogP contribution is 2.14. The van der Waals surface area contributed by atoms with Crippen molar-refractivity contribution in [3.63, 3.8) is 0 Å². The monoisotopic (exact) mass is 264 g/mol. The van der Waals surface area contributed by atoms with Gasteiger partial charge >= 0.3 is 0 Å². The summed E-state index contributed by atoms with van der Waals surface area (Å²) in [6.07, 6.45) is 1.72. The zero-order valence-electron chi connectivity index (χ0n) is 11.0. The molecule has 0 fully saturated rings. The van der Waals surface area contributed by atoms with E-state index in [1.807, 2.05) is 23.5 Å². The summed E-state index contributed by atoms with van der Waals surface area (Å²) < 4.78 is 5.32. The van der Waals surface area contributed by atoms with Gasteiger partial charge < -0.3 is 9.73 Å². The molecule has 2 heterocycles. The second-order valence-corrected chi connectivity index (χ2v) is 5.52. The lowest BCUT2D eigenvalue weighted by atomic mass is 10.3. The van der Waals surface area contributed by atoms with Crippen LogP contribution in [0.25, 0.3) is 0 Å². The van der Waals surface area contributed by atoms with Gasteiger partial charge in [0.15, 0.2) is 0 Å². The molecule has 3 nitrogen and oxygen atoms in total. The van der Waals surface area contributed by atoms with Gasteiger partial charge in [-0.3, -0.25) is 4.90 Å². The number of rotatable bonds is 7. The van der Waals surface area contributed by atoms with E-state index in [2.05, 4.69) is 35.6 Å². The van der Waals surface area contributed by atoms with E-state index in [1.54, 1.807) is 6.26 Å². The molecule has 0 aromatic carbocycles. The summed E-state index contributed by atoms with van der Waals surface area (Å²) in [6, 6.07) is 6.12. The summed E-state index contributed by atoms with van der Waals surface area (Å²) in [5, 5.41) is 5.63. The standard InChI is InChI=1S/C14H20N2OS/c1-12-5-9-18-14(12)10-15-6-7-16(2)11-13-4-3-8-17-13/h3-5,8-9,15H,6-7,10-11H2,1-2H3. The maximum atomic E-state index is 5.32. The van der Waals surface area contributed by atoms with Crippen LogP contribution in [0.1, 0.15) is 16.2 Å². The summed E-state index contributed by atoms with van der Waals surface area (Å²) in [4.78, 5) is 3.69. The van der Waals surface area contributed by atoms with Crippen LogP contribution in [-0.4, -0.2) is 25.0 Å². The van der Waals surface area contributed by atoms with Gasteiger partial charge in [-0.1, -0.05) is 0 Å². The molecule has 2 aromatic rings. The van der Waals surface area contributed by atoms with Gasteiger partial charge in [0.05, 0.1) is 12.8 Å². The van der Waals surface area contributed by atoms with Crippen molar-refractivity contribution in [3.8, 4) is 0 Å². The number of hydrogen-bond acceptors (Lipinski definition) is 4. The van der Waals surface area contributed by atoms with E-state index in [-0.39, 0.29) is 0 Å². The van der Waals surface area contributed by atoms with Crippen LogP contribution in [0.3, 0.4) is 0 Å². The molecular weight excluding hydrogens is 244 g/mol. The van der Waals surface area contributed by atoms with Gasteiger partial charge in [0.1, 0.15) is 5.76 Å². The van der Waals surface area contributed by atoms with Gasteiger partial charge in [-0.15, -0.1) is 11.3 Å². The Hall–Kier alpha value is -1.10. The maximum Gasteiger partial charge on any atom is 0.117 e. The fraction of sp³-hybridized carbons (Fsp3) is 0.429. The minimum Gasteiger partial charge on any atom is -0.468 e. The molecule has 0 atom stereocenters. The van der Waals surface area contributed by atoms with Crippen LogP contribution in [0, 0.1) is 6.92 Å². The molecule has 0 aliphatic rings. The molecule has 0 radical (unpaired) electrons. The van der Waals surface area contributed by atoms with Crippen LogP contribution in [0.2, 0.25) is 0 Å². The quantitative estimate of drug-likeness (QED) is 0.780. The molecule has 1 N–H and O–H groups in total. The SMILES string of the molecule is Cc1ccsc1CNCCN(C)Cc1ccco1. The Bertz CT molecular complexity index is 450. The highest BCUT2D eigenvalue weighted by molar-refractivity contribution is 7.10. The second-order valence-electron chi connectivity index (χ2n) is 4.52. The molecule has 98 valence electrons. The minimum atomic E-state index is 0.868. The predicted octanol–water partition coefficient (Wildman–Crippen LogP) is 2.87. The summed E-state index contributed by atoms with van der Waals surface area (Å²) in [5.41, 5.74) is 1.39. The van der Waals surface area contributed by atoms with Crippen molar-refractivity contribution < 1.29 is 4.42 Å². The third-order valence-corrected chi connectivity index (χ3v) is 3.95. The second kappa shape index (κ2) is 6.73. The van der Waals surface area contributed by atoms with Crippen LogP contribution in [0.15, 0.2) is 34.3 Å². The average Bonchev–Trinajstić information content (AvgIpc) is 2.97. The number of nitrogens with one attached hydrogen (secondary N) is 1. The van der Waals surface area contributed by atoms with Crippen molar-refractivity contribution in [1.82, 2.24) is 10.2 Å². The average molecular weight is 264 g/mol. The third-order valence-electron chi connectivity index (χ3n) is 2.93. The van der Waals surface area contributed by atoms with Crippen LogP contribution in [0.5, 0.6) is 0 Å². The van der Waals surface area contributed by atoms with Crippen molar-refractivity contribution in [3.05, 3.63) is 46.0 Å². The predicted molar refractivity (Wildman–Crippen MR) is 75.8 cm³/mol. The van der Waals surface area contributed by atoms with E-state index in [0.717, 1.165) is 31.9 Å². The molecule has 0 aliphatic heterocycles. The lowest BCUT2D eigenvalue weighted by Gasteiger charge is -2.15. The number of furan rings is 1. The number of hydrogen-bond donors (Lipinski definition) is 1. The molecule has 0 amide bonds. The molecule has 18 heavy (non-hydrogen) atoms. The van der Waals surface area contributed by atoms with Gasteiger partial charge in [-0.25, -0.2) is 0 Å². The lowest BCUT2D eigenvalue weighted by molar-refractivity contribution is 0.294. The molecule has 0 saturated heterocycles. The molecule has 0 spiro atoms.